The van der Waals surface area contributed by atoms with Gasteiger partial charge in [0, 0.05) is 38.7 Å². The van der Waals surface area contributed by atoms with Crippen LogP contribution in [0.3, 0.4) is 0 Å². The quantitative estimate of drug-likeness (QED) is 0.0948. The highest BCUT2D eigenvalue weighted by molar-refractivity contribution is 8.00. The van der Waals surface area contributed by atoms with Crippen molar-refractivity contribution in [3.63, 3.8) is 0 Å². The van der Waals surface area contributed by atoms with Crippen molar-refractivity contribution in [2.75, 3.05) is 30.6 Å². The molecule has 3 amide bonds. The Morgan fingerprint density at radius 3 is 2.40 bits per heavy atom. The van der Waals surface area contributed by atoms with Crippen molar-refractivity contribution in [3.8, 4) is 22.8 Å². The zero-order valence-electron chi connectivity index (χ0n) is 25.9. The molecule has 5 aromatic rings. The maximum absolute atomic E-state index is 13.6. The number of nitrogens with one attached hydrogen (secondary N) is 3. The lowest BCUT2D eigenvalue weighted by molar-refractivity contribution is -0.114. The molecule has 1 heterocycles. The van der Waals surface area contributed by atoms with Crippen LogP contribution >= 0.6 is 23.1 Å². The Labute approximate surface area is 281 Å². The first kappa shape index (κ1) is 33.0. The van der Waals surface area contributed by atoms with Crippen LogP contribution in [0.4, 0.5) is 10.8 Å². The van der Waals surface area contributed by atoms with Crippen LogP contribution in [-0.2, 0) is 9.59 Å². The highest BCUT2D eigenvalue weighted by Crippen LogP contribution is 2.28. The van der Waals surface area contributed by atoms with Crippen molar-refractivity contribution in [3.05, 3.63) is 125 Å². The first-order valence-corrected chi connectivity index (χ1v) is 16.3. The Balaban J connectivity index is 1.26. The van der Waals surface area contributed by atoms with Gasteiger partial charge in [0.2, 0.25) is 5.91 Å². The van der Waals surface area contributed by atoms with Crippen LogP contribution in [0.1, 0.15) is 21.5 Å². The number of aromatic nitrogens is 1. The Hall–Kier alpha value is -5.39. The zero-order valence-corrected chi connectivity index (χ0v) is 27.5. The molecule has 3 N–H and O–H groups in total. The third-order valence-corrected chi connectivity index (χ3v) is 8.58. The van der Waals surface area contributed by atoms with Gasteiger partial charge in [-0.25, -0.2) is 4.98 Å². The van der Waals surface area contributed by atoms with Gasteiger partial charge >= 0.3 is 0 Å². The van der Waals surface area contributed by atoms with Gasteiger partial charge in [-0.3, -0.25) is 14.4 Å². The number of methoxy groups -OCH3 is 2. The van der Waals surface area contributed by atoms with E-state index >= 15 is 0 Å². The minimum atomic E-state index is -0.541. The van der Waals surface area contributed by atoms with E-state index in [1.165, 1.54) is 35.8 Å². The summed E-state index contributed by atoms with van der Waals surface area (Å²) in [6.07, 6.45) is 1.54. The second kappa shape index (κ2) is 15.7. The van der Waals surface area contributed by atoms with Gasteiger partial charge in [0.05, 0.1) is 25.7 Å². The summed E-state index contributed by atoms with van der Waals surface area (Å²) in [5.74, 6) is 0.00830. The normalized spacial score (nSPS) is 11.0. The summed E-state index contributed by atoms with van der Waals surface area (Å²) < 4.78 is 10.8. The summed E-state index contributed by atoms with van der Waals surface area (Å²) in [6, 6.07) is 28.9. The number of thiazole rings is 1. The molecule has 9 nitrogen and oxygen atoms in total. The van der Waals surface area contributed by atoms with Crippen LogP contribution in [-0.4, -0.2) is 42.7 Å². The molecule has 0 aliphatic rings. The number of thioether (sulfide) groups is 1. The number of ether oxygens (including phenoxy) is 2. The smallest absolute Gasteiger partial charge is 0.272 e. The van der Waals surface area contributed by atoms with Gasteiger partial charge in [-0.05, 0) is 55.5 Å². The Morgan fingerprint density at radius 2 is 1.66 bits per heavy atom. The lowest BCUT2D eigenvalue weighted by atomic mass is 10.1. The van der Waals surface area contributed by atoms with Crippen LogP contribution < -0.4 is 25.4 Å². The van der Waals surface area contributed by atoms with E-state index in [1.54, 1.807) is 79.9 Å². The molecule has 0 aliphatic heterocycles. The molecule has 238 valence electrons. The number of nitrogens with zero attached hydrogens (tertiary/aromatic N) is 1. The molecule has 0 saturated heterocycles. The fourth-order valence-electron chi connectivity index (χ4n) is 4.39. The van der Waals surface area contributed by atoms with E-state index in [9.17, 15) is 14.4 Å². The Bertz CT molecular complexity index is 1910. The molecule has 0 radical (unpaired) electrons. The lowest BCUT2D eigenvalue weighted by Crippen LogP contribution is -2.30. The van der Waals surface area contributed by atoms with Gasteiger partial charge < -0.3 is 25.4 Å². The molecular weight excluding hydrogens is 633 g/mol. The van der Waals surface area contributed by atoms with E-state index in [1.807, 2.05) is 42.6 Å². The number of hydrogen-bond acceptors (Lipinski definition) is 8. The first-order chi connectivity index (χ1) is 22.8. The lowest BCUT2D eigenvalue weighted by Gasteiger charge is -2.13. The SMILES string of the molecule is COc1ccc(/C=C(/NC(=O)c2ccccc2)C(=O)Nc2cccc(SCC(=O)Nc3nc(-c4ccc(C)cc4)cs3)c2)c(OC)c1. The predicted octanol–water partition coefficient (Wildman–Crippen LogP) is 7.28. The monoisotopic (exact) mass is 664 g/mol. The summed E-state index contributed by atoms with van der Waals surface area (Å²) in [6.45, 7) is 2.03. The van der Waals surface area contributed by atoms with Crippen molar-refractivity contribution in [2.24, 2.45) is 0 Å². The Kier molecular flexibility index (Phi) is 11.1. The molecule has 5 rings (SSSR count). The summed E-state index contributed by atoms with van der Waals surface area (Å²) in [5.41, 5.74) is 4.42. The number of carbonyl (C=O) groups excluding carboxylic acids is 3. The first-order valence-electron chi connectivity index (χ1n) is 14.5. The van der Waals surface area contributed by atoms with E-state index in [2.05, 4.69) is 20.9 Å². The van der Waals surface area contributed by atoms with Gasteiger partial charge in [0.25, 0.3) is 11.8 Å². The number of carbonyl (C=O) groups is 3. The van der Waals surface area contributed by atoms with Crippen LogP contribution in [0.15, 0.2) is 113 Å². The summed E-state index contributed by atoms with van der Waals surface area (Å²) in [5, 5.41) is 10.9. The Morgan fingerprint density at radius 1 is 0.872 bits per heavy atom. The molecule has 11 heteroatoms. The number of rotatable bonds is 12. The topological polar surface area (TPSA) is 119 Å². The van der Waals surface area contributed by atoms with Crippen LogP contribution in [0.25, 0.3) is 17.3 Å². The fourth-order valence-corrected chi connectivity index (χ4v) is 5.88. The van der Waals surface area contributed by atoms with Gasteiger partial charge in [-0.1, -0.05) is 54.1 Å². The number of anilines is 2. The number of hydrogen-bond donors (Lipinski definition) is 3. The molecule has 0 unspecified atom stereocenters. The maximum Gasteiger partial charge on any atom is 0.272 e. The standard InChI is InChI=1S/C36H32N4O5S2/c1-23-12-14-24(15-13-23)31-21-47-36(39-31)40-33(41)22-46-29-11-7-10-27(19-29)37-35(43)30(38-34(42)25-8-5-4-6-9-25)18-26-16-17-28(44-2)20-32(26)45-3/h4-21H,22H2,1-3H3,(H,37,43)(H,38,42)(H,39,40,41)/b30-18+. The van der Waals surface area contributed by atoms with Gasteiger partial charge in [-0.2, -0.15) is 0 Å². The van der Waals surface area contributed by atoms with E-state index in [0.717, 1.165) is 16.2 Å². The average molecular weight is 665 g/mol. The summed E-state index contributed by atoms with van der Waals surface area (Å²) in [7, 11) is 3.06. The van der Waals surface area contributed by atoms with Crippen molar-refractivity contribution < 1.29 is 23.9 Å². The number of aryl methyl sites for hydroxylation is 1. The maximum atomic E-state index is 13.6. The zero-order chi connectivity index (χ0) is 33.2. The number of benzene rings is 4. The second-order valence-electron chi connectivity index (χ2n) is 10.2. The van der Waals surface area contributed by atoms with Crippen LogP contribution in [0.5, 0.6) is 11.5 Å². The molecule has 0 saturated carbocycles. The fraction of sp³-hybridized carbons (Fsp3) is 0.111. The molecule has 1 aromatic heterocycles. The second-order valence-corrected chi connectivity index (χ2v) is 12.1. The van der Waals surface area contributed by atoms with Crippen LogP contribution in [0, 0.1) is 6.92 Å². The van der Waals surface area contributed by atoms with Gasteiger partial charge in [0.15, 0.2) is 5.13 Å². The third kappa shape index (κ3) is 9.09. The van der Waals surface area contributed by atoms with E-state index < -0.39 is 11.8 Å². The number of amides is 3. The molecule has 0 fully saturated rings. The average Bonchev–Trinajstić information content (AvgIpc) is 3.56. The van der Waals surface area contributed by atoms with Crippen molar-refractivity contribution in [1.29, 1.82) is 0 Å². The van der Waals surface area contributed by atoms with Crippen molar-refractivity contribution in [2.45, 2.75) is 11.8 Å². The third-order valence-electron chi connectivity index (χ3n) is 6.83. The van der Waals surface area contributed by atoms with Gasteiger partial charge in [-0.15, -0.1) is 23.1 Å². The van der Waals surface area contributed by atoms with E-state index in [4.69, 9.17) is 9.47 Å². The van der Waals surface area contributed by atoms with Crippen molar-refractivity contribution in [1.82, 2.24) is 10.3 Å². The molecule has 0 spiro atoms. The molecular formula is C36H32N4O5S2. The van der Waals surface area contributed by atoms with Gasteiger partial charge in [0.1, 0.15) is 17.2 Å². The highest BCUT2D eigenvalue weighted by atomic mass is 32.2. The largest absolute Gasteiger partial charge is 0.497 e. The highest BCUT2D eigenvalue weighted by Gasteiger charge is 2.17. The van der Waals surface area contributed by atoms with Crippen LogP contribution in [0.2, 0.25) is 0 Å². The molecule has 4 aromatic carbocycles. The summed E-state index contributed by atoms with van der Waals surface area (Å²) >= 11 is 2.69. The molecule has 0 bridgehead atoms. The molecule has 0 aliphatic carbocycles. The predicted molar refractivity (Wildman–Crippen MR) is 188 cm³/mol. The molecule has 47 heavy (non-hydrogen) atoms. The summed E-state index contributed by atoms with van der Waals surface area (Å²) in [4.78, 5) is 44.6. The van der Waals surface area contributed by atoms with E-state index in [0.29, 0.717) is 33.4 Å². The van der Waals surface area contributed by atoms with E-state index in [-0.39, 0.29) is 17.4 Å². The molecule has 0 atom stereocenters. The minimum Gasteiger partial charge on any atom is -0.497 e. The van der Waals surface area contributed by atoms with Crippen molar-refractivity contribution >= 4 is 57.7 Å². The minimum absolute atomic E-state index is 0.00760.